The lowest BCUT2D eigenvalue weighted by molar-refractivity contribution is -0.133. The van der Waals surface area contributed by atoms with E-state index in [1.165, 1.54) is 6.07 Å². The lowest BCUT2D eigenvalue weighted by Gasteiger charge is -2.41. The Labute approximate surface area is 193 Å². The maximum atomic E-state index is 14.2. The first kappa shape index (κ1) is 22.6. The molecular formula is C27H28FN3O2. The second-order valence-electron chi connectivity index (χ2n) is 8.54. The molecule has 6 heteroatoms. The van der Waals surface area contributed by atoms with Gasteiger partial charge in [0.15, 0.2) is 0 Å². The summed E-state index contributed by atoms with van der Waals surface area (Å²) in [7, 11) is 0. The van der Waals surface area contributed by atoms with Crippen molar-refractivity contribution < 1.29 is 14.0 Å². The molecule has 2 amide bonds. The quantitative estimate of drug-likeness (QED) is 0.608. The van der Waals surface area contributed by atoms with Crippen LogP contribution in [0.3, 0.4) is 0 Å². The lowest BCUT2D eigenvalue weighted by Crippen LogP contribution is -2.54. The Balaban J connectivity index is 1.59. The largest absolute Gasteiger partial charge is 0.356 e. The summed E-state index contributed by atoms with van der Waals surface area (Å²) in [6.45, 7) is 3.36. The molecule has 1 aliphatic heterocycles. The molecule has 2 heterocycles. The fourth-order valence-electron chi connectivity index (χ4n) is 4.60. The minimum absolute atomic E-state index is 0.0401. The van der Waals surface area contributed by atoms with Crippen LogP contribution in [0.2, 0.25) is 0 Å². The Kier molecular flexibility index (Phi) is 6.82. The summed E-state index contributed by atoms with van der Waals surface area (Å²) in [4.78, 5) is 32.2. The Morgan fingerprint density at radius 2 is 1.82 bits per heavy atom. The van der Waals surface area contributed by atoms with Crippen molar-refractivity contribution in [3.8, 4) is 11.1 Å². The predicted octanol–water partition coefficient (Wildman–Crippen LogP) is 4.49. The lowest BCUT2D eigenvalue weighted by atomic mass is 9.74. The van der Waals surface area contributed by atoms with Gasteiger partial charge >= 0.3 is 0 Å². The normalized spacial score (nSPS) is 18.1. The highest BCUT2D eigenvalue weighted by atomic mass is 19.1. The van der Waals surface area contributed by atoms with Gasteiger partial charge < -0.3 is 10.2 Å². The summed E-state index contributed by atoms with van der Waals surface area (Å²) in [5.74, 6) is -0.458. The number of piperidine rings is 1. The van der Waals surface area contributed by atoms with Crippen LogP contribution < -0.4 is 5.32 Å². The highest BCUT2D eigenvalue weighted by Gasteiger charge is 2.43. The number of carbonyl (C=O) groups excluding carboxylic acids is 2. The van der Waals surface area contributed by atoms with E-state index in [9.17, 15) is 14.0 Å². The van der Waals surface area contributed by atoms with E-state index < -0.39 is 5.41 Å². The van der Waals surface area contributed by atoms with E-state index >= 15 is 0 Å². The van der Waals surface area contributed by atoms with Crippen LogP contribution in [0.1, 0.15) is 35.8 Å². The molecule has 1 atom stereocenters. The third-order valence-electron chi connectivity index (χ3n) is 6.25. The summed E-state index contributed by atoms with van der Waals surface area (Å²) in [6.07, 6.45) is 3.54. The number of likely N-dealkylation sites (tertiary alicyclic amines) is 1. The highest BCUT2D eigenvalue weighted by Crippen LogP contribution is 2.35. The molecule has 0 spiro atoms. The second-order valence-corrected chi connectivity index (χ2v) is 8.54. The molecule has 1 fully saturated rings. The molecular weight excluding hydrogens is 417 g/mol. The van der Waals surface area contributed by atoms with E-state index in [0.29, 0.717) is 43.7 Å². The van der Waals surface area contributed by atoms with E-state index in [4.69, 9.17) is 0 Å². The molecule has 1 unspecified atom stereocenters. The molecule has 0 radical (unpaired) electrons. The third-order valence-corrected chi connectivity index (χ3v) is 6.25. The van der Waals surface area contributed by atoms with Gasteiger partial charge in [-0.15, -0.1) is 0 Å². The Morgan fingerprint density at radius 1 is 1.06 bits per heavy atom. The van der Waals surface area contributed by atoms with Crippen molar-refractivity contribution in [2.24, 2.45) is 5.41 Å². The third kappa shape index (κ3) is 4.95. The van der Waals surface area contributed by atoms with E-state index in [-0.39, 0.29) is 17.6 Å². The minimum Gasteiger partial charge on any atom is -0.356 e. The van der Waals surface area contributed by atoms with Crippen molar-refractivity contribution in [2.75, 3.05) is 19.6 Å². The fourth-order valence-corrected chi connectivity index (χ4v) is 4.60. The zero-order valence-corrected chi connectivity index (χ0v) is 18.8. The number of aromatic nitrogens is 1. The molecule has 2 aromatic carbocycles. The Hall–Kier alpha value is -3.54. The van der Waals surface area contributed by atoms with Crippen LogP contribution in [0, 0.1) is 11.2 Å². The molecule has 0 saturated carbocycles. The molecule has 170 valence electrons. The van der Waals surface area contributed by atoms with Gasteiger partial charge in [0.05, 0.1) is 5.41 Å². The summed E-state index contributed by atoms with van der Waals surface area (Å²) in [5, 5.41) is 2.98. The number of rotatable bonds is 6. The first-order valence-corrected chi connectivity index (χ1v) is 11.3. The van der Waals surface area contributed by atoms with Crippen LogP contribution in [0.5, 0.6) is 0 Å². The number of nitrogens with zero attached hydrogens (tertiary/aromatic N) is 2. The monoisotopic (exact) mass is 445 g/mol. The number of hydrogen-bond donors (Lipinski definition) is 1. The molecule has 1 aliphatic rings. The van der Waals surface area contributed by atoms with Crippen LogP contribution in [0.15, 0.2) is 72.9 Å². The van der Waals surface area contributed by atoms with E-state index in [2.05, 4.69) is 10.3 Å². The van der Waals surface area contributed by atoms with Crippen LogP contribution in [-0.2, 0) is 11.2 Å². The van der Waals surface area contributed by atoms with Crippen LogP contribution >= 0.6 is 0 Å². The SMILES string of the molecule is CCNC(=O)C1(Cc2ccc(-c3ccccc3F)cc2)CCCN(C(=O)c2ccccn2)C1. The number of halogens is 1. The molecule has 1 aromatic heterocycles. The first-order valence-electron chi connectivity index (χ1n) is 11.3. The summed E-state index contributed by atoms with van der Waals surface area (Å²) < 4.78 is 14.2. The highest BCUT2D eigenvalue weighted by molar-refractivity contribution is 5.93. The van der Waals surface area contributed by atoms with E-state index in [1.54, 1.807) is 41.4 Å². The van der Waals surface area contributed by atoms with Crippen LogP contribution in [0.25, 0.3) is 11.1 Å². The average Bonchev–Trinajstić information content (AvgIpc) is 2.85. The molecule has 33 heavy (non-hydrogen) atoms. The van der Waals surface area contributed by atoms with Crippen molar-refractivity contribution in [3.63, 3.8) is 0 Å². The molecule has 0 aliphatic carbocycles. The number of hydrogen-bond acceptors (Lipinski definition) is 3. The zero-order chi connectivity index (χ0) is 23.3. The maximum Gasteiger partial charge on any atom is 0.272 e. The molecule has 0 bridgehead atoms. The molecule has 5 nitrogen and oxygen atoms in total. The van der Waals surface area contributed by atoms with Crippen LogP contribution in [-0.4, -0.2) is 41.3 Å². The van der Waals surface area contributed by atoms with Gasteiger partial charge in [-0.1, -0.05) is 48.5 Å². The number of nitrogens with one attached hydrogen (secondary N) is 1. The summed E-state index contributed by atoms with van der Waals surface area (Å²) in [6, 6.07) is 19.6. The van der Waals surface area contributed by atoms with Crippen molar-refractivity contribution in [3.05, 3.63) is 90.0 Å². The minimum atomic E-state index is -0.724. The van der Waals surface area contributed by atoms with Gasteiger partial charge in [-0.05, 0) is 55.5 Å². The Bertz CT molecular complexity index is 1120. The van der Waals surface area contributed by atoms with Gasteiger partial charge in [0.25, 0.3) is 5.91 Å². The van der Waals surface area contributed by atoms with E-state index in [1.807, 2.05) is 37.3 Å². The van der Waals surface area contributed by atoms with Crippen molar-refractivity contribution in [1.29, 1.82) is 0 Å². The fraction of sp³-hybridized carbons (Fsp3) is 0.296. The second kappa shape index (κ2) is 9.94. The number of amides is 2. The van der Waals surface area contributed by atoms with Gasteiger partial charge in [-0.2, -0.15) is 0 Å². The van der Waals surface area contributed by atoms with Crippen LogP contribution in [0.4, 0.5) is 4.39 Å². The Morgan fingerprint density at radius 3 is 2.52 bits per heavy atom. The summed E-state index contributed by atoms with van der Waals surface area (Å²) >= 11 is 0. The predicted molar refractivity (Wildman–Crippen MR) is 126 cm³/mol. The standard InChI is InChI=1S/C27H28FN3O2/c1-2-29-26(33)27(15-7-17-31(19-27)25(32)24-10-5-6-16-30-24)18-20-11-13-21(14-12-20)22-8-3-4-9-23(22)28/h3-6,8-14,16H,2,7,15,17-19H2,1H3,(H,29,33). The molecule has 3 aromatic rings. The number of pyridine rings is 1. The van der Waals surface area contributed by atoms with Crippen molar-refractivity contribution >= 4 is 11.8 Å². The molecule has 4 rings (SSSR count). The van der Waals surface area contributed by atoms with Gasteiger partial charge in [-0.3, -0.25) is 14.6 Å². The molecule has 1 N–H and O–H groups in total. The summed E-state index contributed by atoms with van der Waals surface area (Å²) in [5.41, 5.74) is 1.98. The van der Waals surface area contributed by atoms with Crippen molar-refractivity contribution in [1.82, 2.24) is 15.2 Å². The smallest absolute Gasteiger partial charge is 0.272 e. The number of carbonyl (C=O) groups is 2. The average molecular weight is 446 g/mol. The van der Waals surface area contributed by atoms with Gasteiger partial charge in [-0.25, -0.2) is 4.39 Å². The van der Waals surface area contributed by atoms with Crippen molar-refractivity contribution in [2.45, 2.75) is 26.2 Å². The zero-order valence-electron chi connectivity index (χ0n) is 18.8. The van der Waals surface area contributed by atoms with E-state index in [0.717, 1.165) is 17.5 Å². The maximum absolute atomic E-state index is 14.2. The van der Waals surface area contributed by atoms with Gasteiger partial charge in [0.2, 0.25) is 5.91 Å². The van der Waals surface area contributed by atoms with Gasteiger partial charge in [0, 0.05) is 31.4 Å². The molecule has 1 saturated heterocycles. The first-order chi connectivity index (χ1) is 16.0. The topological polar surface area (TPSA) is 62.3 Å². The van der Waals surface area contributed by atoms with Gasteiger partial charge in [0.1, 0.15) is 11.5 Å². The number of benzene rings is 2.